The Balaban J connectivity index is 3.09. The summed E-state index contributed by atoms with van der Waals surface area (Å²) in [5.74, 6) is -1.34. The summed E-state index contributed by atoms with van der Waals surface area (Å²) in [6, 6.07) is 3.12. The number of sulfonamides is 1. The molecule has 0 saturated heterocycles. The molecule has 0 radical (unpaired) electrons. The van der Waals surface area contributed by atoms with Crippen molar-refractivity contribution in [2.45, 2.75) is 25.2 Å². The lowest BCUT2D eigenvalue weighted by atomic mass is 10.3. The molecule has 0 spiro atoms. The summed E-state index contributed by atoms with van der Waals surface area (Å²) in [7, 11) is -3.93. The zero-order chi connectivity index (χ0) is 16.0. The van der Waals surface area contributed by atoms with Crippen molar-refractivity contribution in [3.63, 3.8) is 0 Å². The largest absolute Gasteiger partial charge is 0.465 e. The Morgan fingerprint density at radius 1 is 1.38 bits per heavy atom. The molecule has 0 aliphatic rings. The fourth-order valence-electron chi connectivity index (χ4n) is 1.67. The third-order valence-electron chi connectivity index (χ3n) is 2.61. The quantitative estimate of drug-likeness (QED) is 0.717. The Hall–Kier alpha value is -1.18. The molecule has 0 saturated carbocycles. The number of hydrogen-bond acceptors (Lipinski definition) is 4. The van der Waals surface area contributed by atoms with E-state index in [4.69, 9.17) is 16.3 Å². The van der Waals surface area contributed by atoms with E-state index in [0.29, 0.717) is 6.42 Å². The Morgan fingerprint density at radius 2 is 2.05 bits per heavy atom. The molecule has 118 valence electrons. The summed E-state index contributed by atoms with van der Waals surface area (Å²) < 4.78 is 43.8. The van der Waals surface area contributed by atoms with E-state index in [1.54, 1.807) is 13.8 Å². The minimum atomic E-state index is -3.93. The predicted molar refractivity (Wildman–Crippen MR) is 77.1 cm³/mol. The molecule has 1 aromatic carbocycles. The van der Waals surface area contributed by atoms with E-state index in [-0.39, 0.29) is 29.6 Å². The molecular formula is C13H17ClFNO4S. The van der Waals surface area contributed by atoms with Crippen molar-refractivity contribution in [1.29, 1.82) is 0 Å². The molecule has 0 aromatic heterocycles. The maximum absolute atomic E-state index is 13.1. The van der Waals surface area contributed by atoms with Gasteiger partial charge in [0.25, 0.3) is 0 Å². The smallest absolute Gasteiger partial charge is 0.321 e. The molecule has 5 nitrogen and oxygen atoms in total. The lowest BCUT2D eigenvalue weighted by Gasteiger charge is -2.20. The predicted octanol–water partition coefficient (Wildman–Crippen LogP) is 2.44. The van der Waals surface area contributed by atoms with Gasteiger partial charge in [0.2, 0.25) is 10.0 Å². The molecule has 21 heavy (non-hydrogen) atoms. The van der Waals surface area contributed by atoms with Crippen LogP contribution in [-0.4, -0.2) is 38.4 Å². The molecule has 0 bridgehead atoms. The number of rotatable bonds is 7. The monoisotopic (exact) mass is 337 g/mol. The van der Waals surface area contributed by atoms with Gasteiger partial charge in [0.1, 0.15) is 12.4 Å². The maximum Gasteiger partial charge on any atom is 0.321 e. The molecule has 0 atom stereocenters. The standard InChI is InChI=1S/C13H17ClFNO4S/c1-3-7-16(9-13(17)20-4-2)21(18,19)10-5-6-12(15)11(14)8-10/h5-6,8H,3-4,7,9H2,1-2H3. The van der Waals surface area contributed by atoms with E-state index < -0.39 is 21.8 Å². The number of ether oxygens (including phenoxy) is 1. The van der Waals surface area contributed by atoms with Crippen LogP contribution in [-0.2, 0) is 19.6 Å². The summed E-state index contributed by atoms with van der Waals surface area (Å²) >= 11 is 5.61. The number of carbonyl (C=O) groups is 1. The molecule has 0 heterocycles. The summed E-state index contributed by atoms with van der Waals surface area (Å²) in [4.78, 5) is 11.4. The van der Waals surface area contributed by atoms with Crippen molar-refractivity contribution in [3.8, 4) is 0 Å². The Kier molecular flexibility index (Phi) is 6.57. The zero-order valence-corrected chi connectivity index (χ0v) is 13.4. The second-order valence-electron chi connectivity index (χ2n) is 4.22. The number of esters is 1. The topological polar surface area (TPSA) is 63.7 Å². The summed E-state index contributed by atoms with van der Waals surface area (Å²) in [6.45, 7) is 3.35. The number of nitrogens with zero attached hydrogens (tertiary/aromatic N) is 1. The van der Waals surface area contributed by atoms with Gasteiger partial charge in [-0.3, -0.25) is 4.79 Å². The normalized spacial score (nSPS) is 11.7. The van der Waals surface area contributed by atoms with Crippen LogP contribution in [0.2, 0.25) is 5.02 Å². The van der Waals surface area contributed by atoms with Crippen LogP contribution in [0.3, 0.4) is 0 Å². The Labute approximate surface area is 128 Å². The summed E-state index contributed by atoms with van der Waals surface area (Å²) in [5, 5.41) is -0.288. The first kappa shape index (κ1) is 17.9. The van der Waals surface area contributed by atoms with E-state index in [9.17, 15) is 17.6 Å². The van der Waals surface area contributed by atoms with Gasteiger partial charge >= 0.3 is 5.97 Å². The van der Waals surface area contributed by atoms with Crippen LogP contribution in [0.5, 0.6) is 0 Å². The molecular weight excluding hydrogens is 321 g/mol. The van der Waals surface area contributed by atoms with Gasteiger partial charge < -0.3 is 4.74 Å². The van der Waals surface area contributed by atoms with Gasteiger partial charge in [-0.15, -0.1) is 0 Å². The Bertz CT molecular complexity index is 606. The van der Waals surface area contributed by atoms with Crippen molar-refractivity contribution in [2.75, 3.05) is 19.7 Å². The molecule has 0 N–H and O–H groups in total. The number of carbonyl (C=O) groups excluding carboxylic acids is 1. The average molecular weight is 338 g/mol. The van der Waals surface area contributed by atoms with Crippen LogP contribution >= 0.6 is 11.6 Å². The van der Waals surface area contributed by atoms with Crippen LogP contribution in [0.15, 0.2) is 23.1 Å². The van der Waals surface area contributed by atoms with Gasteiger partial charge in [-0.05, 0) is 31.5 Å². The Morgan fingerprint density at radius 3 is 2.57 bits per heavy atom. The van der Waals surface area contributed by atoms with Crippen LogP contribution < -0.4 is 0 Å². The molecule has 1 rings (SSSR count). The molecule has 0 amide bonds. The number of halogens is 2. The van der Waals surface area contributed by atoms with Gasteiger partial charge in [-0.25, -0.2) is 12.8 Å². The fourth-order valence-corrected chi connectivity index (χ4v) is 3.42. The second-order valence-corrected chi connectivity index (χ2v) is 6.56. The first-order valence-corrected chi connectivity index (χ1v) is 8.25. The lowest BCUT2D eigenvalue weighted by molar-refractivity contribution is -0.143. The fraction of sp³-hybridized carbons (Fsp3) is 0.462. The SMILES string of the molecule is CCCN(CC(=O)OCC)S(=O)(=O)c1ccc(F)c(Cl)c1. The minimum Gasteiger partial charge on any atom is -0.465 e. The second kappa shape index (κ2) is 7.72. The highest BCUT2D eigenvalue weighted by Gasteiger charge is 2.27. The van der Waals surface area contributed by atoms with Crippen molar-refractivity contribution >= 4 is 27.6 Å². The first-order valence-electron chi connectivity index (χ1n) is 6.43. The number of hydrogen-bond donors (Lipinski definition) is 0. The molecule has 0 fully saturated rings. The van der Waals surface area contributed by atoms with E-state index in [2.05, 4.69) is 0 Å². The van der Waals surface area contributed by atoms with Crippen molar-refractivity contribution in [3.05, 3.63) is 29.0 Å². The van der Waals surface area contributed by atoms with Crippen LogP contribution in [0.25, 0.3) is 0 Å². The molecule has 0 unspecified atom stereocenters. The van der Waals surface area contributed by atoms with Crippen LogP contribution in [0.4, 0.5) is 4.39 Å². The maximum atomic E-state index is 13.1. The summed E-state index contributed by atoms with van der Waals surface area (Å²) in [6.07, 6.45) is 0.521. The highest BCUT2D eigenvalue weighted by atomic mass is 35.5. The van der Waals surface area contributed by atoms with Gasteiger partial charge in [0.15, 0.2) is 0 Å². The third-order valence-corrected chi connectivity index (χ3v) is 4.74. The van der Waals surface area contributed by atoms with Crippen LogP contribution in [0, 0.1) is 5.82 Å². The van der Waals surface area contributed by atoms with Gasteiger partial charge in [0, 0.05) is 6.54 Å². The highest BCUT2D eigenvalue weighted by molar-refractivity contribution is 7.89. The molecule has 0 aliphatic heterocycles. The molecule has 1 aromatic rings. The average Bonchev–Trinajstić information content (AvgIpc) is 2.41. The summed E-state index contributed by atoms with van der Waals surface area (Å²) in [5.41, 5.74) is 0. The van der Waals surface area contributed by atoms with Crippen LogP contribution in [0.1, 0.15) is 20.3 Å². The van der Waals surface area contributed by atoms with E-state index in [1.807, 2.05) is 0 Å². The van der Waals surface area contributed by atoms with Gasteiger partial charge in [0.05, 0.1) is 16.5 Å². The zero-order valence-electron chi connectivity index (χ0n) is 11.8. The lowest BCUT2D eigenvalue weighted by Crippen LogP contribution is -2.37. The first-order chi connectivity index (χ1) is 9.82. The van der Waals surface area contributed by atoms with Gasteiger partial charge in [-0.2, -0.15) is 4.31 Å². The minimum absolute atomic E-state index is 0.149. The molecule has 0 aliphatic carbocycles. The van der Waals surface area contributed by atoms with E-state index in [1.165, 1.54) is 0 Å². The van der Waals surface area contributed by atoms with Crippen molar-refractivity contribution in [2.24, 2.45) is 0 Å². The number of benzene rings is 1. The molecule has 8 heteroatoms. The van der Waals surface area contributed by atoms with Gasteiger partial charge in [-0.1, -0.05) is 18.5 Å². The third kappa shape index (κ3) is 4.66. The van der Waals surface area contributed by atoms with E-state index >= 15 is 0 Å². The van der Waals surface area contributed by atoms with Crippen molar-refractivity contribution in [1.82, 2.24) is 4.31 Å². The van der Waals surface area contributed by atoms with Crippen molar-refractivity contribution < 1.29 is 22.3 Å². The van der Waals surface area contributed by atoms with E-state index in [0.717, 1.165) is 22.5 Å². The highest BCUT2D eigenvalue weighted by Crippen LogP contribution is 2.22.